The summed E-state index contributed by atoms with van der Waals surface area (Å²) in [5, 5.41) is 3.17. The van der Waals surface area contributed by atoms with Gasteiger partial charge in [-0.1, -0.05) is 24.3 Å². The van der Waals surface area contributed by atoms with Crippen molar-refractivity contribution in [3.8, 4) is 17.2 Å². The first-order valence-corrected chi connectivity index (χ1v) is 11.6. The molecule has 2 heterocycles. The van der Waals surface area contributed by atoms with Gasteiger partial charge < -0.3 is 14.4 Å². The minimum atomic E-state index is -0.209. The molecule has 1 aliphatic heterocycles. The molecular formula is C28H28N2O4. The molecule has 0 radical (unpaired) electrons. The fourth-order valence-corrected chi connectivity index (χ4v) is 4.86. The van der Waals surface area contributed by atoms with E-state index in [2.05, 4.69) is 19.1 Å². The van der Waals surface area contributed by atoms with Gasteiger partial charge in [0, 0.05) is 30.4 Å². The summed E-state index contributed by atoms with van der Waals surface area (Å²) in [6.45, 7) is 3.50. The molecule has 34 heavy (non-hydrogen) atoms. The molecule has 3 aromatic carbocycles. The zero-order valence-electron chi connectivity index (χ0n) is 19.8. The molecule has 0 N–H and O–H groups in total. The Morgan fingerprint density at radius 2 is 1.56 bits per heavy atom. The van der Waals surface area contributed by atoms with Gasteiger partial charge in [0.2, 0.25) is 0 Å². The number of likely N-dealkylation sites (tertiary alicyclic amines) is 1. The molecule has 6 heteroatoms. The number of ether oxygens (including phenoxy) is 2. The first-order chi connectivity index (χ1) is 16.5. The molecule has 174 valence electrons. The summed E-state index contributed by atoms with van der Waals surface area (Å²) >= 11 is 0. The summed E-state index contributed by atoms with van der Waals surface area (Å²) in [5.41, 5.74) is 2.13. The van der Waals surface area contributed by atoms with Gasteiger partial charge in [-0.25, -0.2) is 0 Å². The van der Waals surface area contributed by atoms with E-state index in [9.17, 15) is 9.59 Å². The highest BCUT2D eigenvalue weighted by Crippen LogP contribution is 2.33. The van der Waals surface area contributed by atoms with Crippen LogP contribution in [0.1, 0.15) is 35.2 Å². The summed E-state index contributed by atoms with van der Waals surface area (Å²) in [6.07, 6.45) is 4.80. The summed E-state index contributed by atoms with van der Waals surface area (Å²) in [6, 6.07) is 15.5. The van der Waals surface area contributed by atoms with Gasteiger partial charge >= 0.3 is 0 Å². The number of aromatic nitrogens is 1. The van der Waals surface area contributed by atoms with Crippen molar-refractivity contribution in [2.45, 2.75) is 26.2 Å². The van der Waals surface area contributed by atoms with Crippen molar-refractivity contribution in [1.82, 2.24) is 9.47 Å². The summed E-state index contributed by atoms with van der Waals surface area (Å²) in [4.78, 5) is 29.3. The number of amides is 1. The van der Waals surface area contributed by atoms with E-state index in [0.717, 1.165) is 54.4 Å². The van der Waals surface area contributed by atoms with Crippen molar-refractivity contribution >= 4 is 27.5 Å². The summed E-state index contributed by atoms with van der Waals surface area (Å²) in [5.74, 6) is 0.874. The molecule has 4 aromatic rings. The molecule has 0 saturated carbocycles. The number of aryl methyl sites for hydroxylation is 1. The highest BCUT2D eigenvalue weighted by molar-refractivity contribution is 6.07. The maximum atomic E-state index is 13.7. The maximum Gasteiger partial charge on any atom is 0.263 e. The van der Waals surface area contributed by atoms with E-state index >= 15 is 0 Å². The van der Waals surface area contributed by atoms with Gasteiger partial charge in [0.15, 0.2) is 11.5 Å². The van der Waals surface area contributed by atoms with Crippen molar-refractivity contribution in [2.24, 2.45) is 0 Å². The monoisotopic (exact) mass is 456 g/mol. The molecule has 0 unspecified atom stereocenters. The second-order valence-electron chi connectivity index (χ2n) is 8.80. The van der Waals surface area contributed by atoms with Crippen LogP contribution in [0.2, 0.25) is 0 Å². The molecule has 1 saturated heterocycles. The van der Waals surface area contributed by atoms with Gasteiger partial charge in [-0.2, -0.15) is 0 Å². The second kappa shape index (κ2) is 8.86. The van der Waals surface area contributed by atoms with Crippen molar-refractivity contribution in [3.63, 3.8) is 0 Å². The maximum absolute atomic E-state index is 13.7. The Labute approximate surface area is 198 Å². The molecule has 1 amide bonds. The molecule has 5 rings (SSSR count). The molecule has 1 fully saturated rings. The van der Waals surface area contributed by atoms with Gasteiger partial charge in [0.05, 0.1) is 25.2 Å². The molecule has 1 aliphatic rings. The van der Waals surface area contributed by atoms with Crippen LogP contribution in [0.5, 0.6) is 11.5 Å². The van der Waals surface area contributed by atoms with E-state index in [0.29, 0.717) is 27.8 Å². The van der Waals surface area contributed by atoms with E-state index in [1.807, 2.05) is 29.2 Å². The van der Waals surface area contributed by atoms with Crippen LogP contribution >= 0.6 is 0 Å². The number of methoxy groups -OCH3 is 2. The predicted molar refractivity (Wildman–Crippen MR) is 135 cm³/mol. The number of hydrogen-bond donors (Lipinski definition) is 0. The quantitative estimate of drug-likeness (QED) is 0.429. The number of rotatable bonds is 4. The third kappa shape index (κ3) is 3.69. The Balaban J connectivity index is 1.79. The molecule has 1 aromatic heterocycles. The van der Waals surface area contributed by atoms with Crippen LogP contribution in [0.4, 0.5) is 0 Å². The molecule has 0 spiro atoms. The first-order valence-electron chi connectivity index (χ1n) is 11.6. The molecule has 0 aliphatic carbocycles. The third-order valence-corrected chi connectivity index (χ3v) is 6.76. The van der Waals surface area contributed by atoms with Crippen LogP contribution in [-0.4, -0.2) is 42.7 Å². The number of pyridine rings is 1. The number of carbonyl (C=O) groups is 1. The normalized spacial score (nSPS) is 13.9. The zero-order chi connectivity index (χ0) is 23.8. The SMILES string of the molecule is COc1cc2c(C(=O)N3CCCCC3)cn(-c3ccc4cccc(C)c4c3)c(=O)c2cc1OC. The van der Waals surface area contributed by atoms with E-state index in [-0.39, 0.29) is 11.5 Å². The van der Waals surface area contributed by atoms with Crippen LogP contribution in [0.25, 0.3) is 27.2 Å². The average Bonchev–Trinajstić information content (AvgIpc) is 2.88. The minimum absolute atomic E-state index is 0.0670. The molecule has 6 nitrogen and oxygen atoms in total. The predicted octanol–water partition coefficient (Wildman–Crippen LogP) is 5.10. The number of nitrogens with zero attached hydrogens (tertiary/aromatic N) is 2. The Morgan fingerprint density at radius 1 is 0.853 bits per heavy atom. The zero-order valence-corrected chi connectivity index (χ0v) is 19.8. The van der Waals surface area contributed by atoms with Crippen LogP contribution in [0.3, 0.4) is 0 Å². The van der Waals surface area contributed by atoms with Crippen molar-refractivity contribution in [3.05, 3.63) is 76.2 Å². The van der Waals surface area contributed by atoms with Gasteiger partial charge in [-0.15, -0.1) is 0 Å². The van der Waals surface area contributed by atoms with Crippen molar-refractivity contribution in [2.75, 3.05) is 27.3 Å². The van der Waals surface area contributed by atoms with Crippen LogP contribution in [-0.2, 0) is 0 Å². The average molecular weight is 457 g/mol. The molecule has 0 atom stereocenters. The fraction of sp³-hybridized carbons (Fsp3) is 0.286. The lowest BCUT2D eigenvalue weighted by atomic mass is 10.0. The van der Waals surface area contributed by atoms with Crippen LogP contribution in [0, 0.1) is 6.92 Å². The largest absolute Gasteiger partial charge is 0.493 e. The lowest BCUT2D eigenvalue weighted by Gasteiger charge is -2.27. The number of fused-ring (bicyclic) bond motifs is 2. The van der Waals surface area contributed by atoms with Gasteiger partial charge in [0.1, 0.15) is 0 Å². The lowest BCUT2D eigenvalue weighted by molar-refractivity contribution is 0.0725. The van der Waals surface area contributed by atoms with Crippen molar-refractivity contribution < 1.29 is 14.3 Å². The Kier molecular flexibility index (Phi) is 5.74. The van der Waals surface area contributed by atoms with Crippen molar-refractivity contribution in [1.29, 1.82) is 0 Å². The highest BCUT2D eigenvalue weighted by Gasteiger charge is 2.24. The van der Waals surface area contributed by atoms with Gasteiger partial charge in [-0.3, -0.25) is 14.2 Å². The highest BCUT2D eigenvalue weighted by atomic mass is 16.5. The van der Waals surface area contributed by atoms with Crippen LogP contribution in [0.15, 0.2) is 59.5 Å². The van der Waals surface area contributed by atoms with E-state index in [1.54, 1.807) is 30.0 Å². The molecular weight excluding hydrogens is 428 g/mol. The standard InChI is InChI=1S/C28H28N2O4/c1-18-8-7-9-19-10-11-20(14-21(18)19)30-17-24(27(31)29-12-5-4-6-13-29)22-15-25(33-2)26(34-3)16-23(22)28(30)32/h7-11,14-17H,4-6,12-13H2,1-3H3. The number of benzene rings is 3. The third-order valence-electron chi connectivity index (χ3n) is 6.76. The van der Waals surface area contributed by atoms with Gasteiger partial charge in [0.25, 0.3) is 11.5 Å². The Hall–Kier alpha value is -3.80. The van der Waals surface area contributed by atoms with E-state index < -0.39 is 0 Å². The Morgan fingerprint density at radius 3 is 2.26 bits per heavy atom. The topological polar surface area (TPSA) is 60.8 Å². The first kappa shape index (κ1) is 22.0. The van der Waals surface area contributed by atoms with E-state index in [1.165, 1.54) is 7.11 Å². The number of carbonyl (C=O) groups excluding carboxylic acids is 1. The smallest absolute Gasteiger partial charge is 0.263 e. The molecule has 0 bridgehead atoms. The Bertz CT molecular complexity index is 1470. The van der Waals surface area contributed by atoms with E-state index in [4.69, 9.17) is 9.47 Å². The summed E-state index contributed by atoms with van der Waals surface area (Å²) < 4.78 is 12.5. The fourth-order valence-electron chi connectivity index (χ4n) is 4.86. The minimum Gasteiger partial charge on any atom is -0.493 e. The number of piperidine rings is 1. The summed E-state index contributed by atoms with van der Waals surface area (Å²) in [7, 11) is 3.09. The second-order valence-corrected chi connectivity index (χ2v) is 8.80. The lowest BCUT2D eigenvalue weighted by Crippen LogP contribution is -2.36. The number of hydrogen-bond acceptors (Lipinski definition) is 4. The van der Waals surface area contributed by atoms with Crippen LogP contribution < -0.4 is 15.0 Å². The van der Waals surface area contributed by atoms with Gasteiger partial charge in [-0.05, 0) is 66.8 Å².